The third-order valence-electron chi connectivity index (χ3n) is 4.97. The first-order valence-electron chi connectivity index (χ1n) is 10.0. The summed E-state index contributed by atoms with van der Waals surface area (Å²) >= 11 is 6.08. The molecule has 0 aliphatic carbocycles. The Balaban J connectivity index is 2.05. The molecule has 0 unspecified atom stereocenters. The van der Waals surface area contributed by atoms with Gasteiger partial charge in [0.25, 0.3) is 10.0 Å². The number of nitrogens with zero attached hydrogens (tertiary/aromatic N) is 3. The summed E-state index contributed by atoms with van der Waals surface area (Å²) in [6.07, 6.45) is -4.19. The third kappa shape index (κ3) is 6.31. The van der Waals surface area contributed by atoms with E-state index in [1.165, 1.54) is 38.4 Å². The van der Waals surface area contributed by atoms with Gasteiger partial charge in [-0.25, -0.2) is 30.4 Å². The van der Waals surface area contributed by atoms with E-state index in [4.69, 9.17) is 11.6 Å². The van der Waals surface area contributed by atoms with Crippen LogP contribution >= 0.6 is 11.6 Å². The molecule has 1 heterocycles. The molecular weight excluding hydrogens is 527 g/mol. The highest BCUT2D eigenvalue weighted by Gasteiger charge is 2.34. The van der Waals surface area contributed by atoms with E-state index in [1.807, 2.05) is 0 Å². The van der Waals surface area contributed by atoms with Crippen molar-refractivity contribution in [2.75, 3.05) is 18.4 Å². The largest absolute Gasteiger partial charge is 0.417 e. The van der Waals surface area contributed by atoms with E-state index >= 15 is 0 Å². The molecule has 0 aliphatic heterocycles. The summed E-state index contributed by atoms with van der Waals surface area (Å²) in [4.78, 5) is 3.52. The summed E-state index contributed by atoms with van der Waals surface area (Å²) in [5.74, 6) is -0.705. The molecule has 7 nitrogen and oxygen atoms in total. The second-order valence-corrected chi connectivity index (χ2v) is 12.2. The zero-order valence-corrected chi connectivity index (χ0v) is 21.0. The van der Waals surface area contributed by atoms with Gasteiger partial charge in [0.1, 0.15) is 0 Å². The average Bonchev–Trinajstić information content (AvgIpc) is 2.78. The van der Waals surface area contributed by atoms with E-state index in [9.17, 15) is 30.0 Å². The summed E-state index contributed by atoms with van der Waals surface area (Å²) in [7, 11) is -5.15. The van der Waals surface area contributed by atoms with Crippen molar-refractivity contribution in [1.29, 1.82) is 0 Å². The Labute approximate surface area is 206 Å². The highest BCUT2D eigenvalue weighted by Crippen LogP contribution is 2.36. The van der Waals surface area contributed by atoms with Gasteiger partial charge in [-0.15, -0.1) is 0 Å². The minimum absolute atomic E-state index is 0.211. The molecule has 0 amide bonds. The molecule has 0 N–H and O–H groups in total. The second kappa shape index (κ2) is 10.1. The molecule has 0 aliphatic rings. The lowest BCUT2D eigenvalue weighted by atomic mass is 10.2. The summed E-state index contributed by atoms with van der Waals surface area (Å²) in [6, 6.07) is 14.2. The highest BCUT2D eigenvalue weighted by atomic mass is 35.5. The summed E-state index contributed by atoms with van der Waals surface area (Å²) < 4.78 is 92.4. The van der Waals surface area contributed by atoms with Gasteiger partial charge in [-0.1, -0.05) is 54.1 Å². The van der Waals surface area contributed by atoms with Crippen molar-refractivity contribution >= 4 is 37.5 Å². The molecule has 0 fully saturated rings. The van der Waals surface area contributed by atoms with E-state index in [0.717, 1.165) is 8.61 Å². The first-order valence-corrected chi connectivity index (χ1v) is 13.4. The number of benzene rings is 2. The molecule has 0 saturated carbocycles. The maximum Gasteiger partial charge on any atom is 0.417 e. The minimum atomic E-state index is -4.71. The van der Waals surface area contributed by atoms with Crippen molar-refractivity contribution in [1.82, 2.24) is 9.29 Å². The topological polar surface area (TPSA) is 87.7 Å². The fraction of sp³-hybridized carbons (Fsp3) is 0.227. The lowest BCUT2D eigenvalue weighted by molar-refractivity contribution is -0.137. The monoisotopic (exact) mass is 547 g/mol. The Bertz CT molecular complexity index is 1400. The van der Waals surface area contributed by atoms with Crippen molar-refractivity contribution in [3.8, 4) is 0 Å². The van der Waals surface area contributed by atoms with Crippen LogP contribution in [0.3, 0.4) is 0 Å². The zero-order chi connectivity index (χ0) is 26.0. The summed E-state index contributed by atoms with van der Waals surface area (Å²) in [5, 5.41) is -0.493. The Morgan fingerprint density at radius 2 is 1.51 bits per heavy atom. The predicted octanol–water partition coefficient (Wildman–Crippen LogP) is 4.54. The number of anilines is 1. The molecule has 0 saturated heterocycles. The van der Waals surface area contributed by atoms with Crippen LogP contribution in [0.2, 0.25) is 5.02 Å². The van der Waals surface area contributed by atoms with Crippen molar-refractivity contribution in [3.63, 3.8) is 0 Å². The number of sulfonamides is 2. The number of rotatable bonds is 8. The van der Waals surface area contributed by atoms with Crippen LogP contribution in [-0.2, 0) is 38.5 Å². The standard InChI is InChI=1S/C22H21ClF3N3O4S2/c1-28(2)34(30,31)15-17-8-10-19(11-9-17)35(32,33)29(14-16-6-4-3-5-7-16)21-20(23)12-18(13-27-21)22(24,25)26/h3-13H,14-15H2,1-2H3. The van der Waals surface area contributed by atoms with Gasteiger partial charge in [-0.05, 0) is 29.3 Å². The lowest BCUT2D eigenvalue weighted by Gasteiger charge is -2.25. The maximum absolute atomic E-state index is 13.6. The normalized spacial score (nSPS) is 12.7. The van der Waals surface area contributed by atoms with E-state index in [2.05, 4.69) is 4.98 Å². The van der Waals surface area contributed by atoms with Crippen molar-refractivity contribution in [3.05, 3.63) is 88.6 Å². The molecule has 1 aromatic heterocycles. The molecule has 0 spiro atoms. The number of halogens is 4. The van der Waals surface area contributed by atoms with Crippen molar-refractivity contribution in [2.45, 2.75) is 23.4 Å². The van der Waals surface area contributed by atoms with Gasteiger partial charge in [0.05, 0.1) is 27.8 Å². The Morgan fingerprint density at radius 1 is 0.914 bits per heavy atom. The minimum Gasteiger partial charge on any atom is -0.244 e. The molecule has 0 atom stereocenters. The van der Waals surface area contributed by atoms with Gasteiger partial charge in [0.15, 0.2) is 5.82 Å². The summed E-state index contributed by atoms with van der Waals surface area (Å²) in [5.41, 5.74) is -0.213. The van der Waals surface area contributed by atoms with Gasteiger partial charge in [-0.2, -0.15) is 13.2 Å². The molecule has 188 valence electrons. The van der Waals surface area contributed by atoms with E-state index in [0.29, 0.717) is 23.4 Å². The molecule has 2 aromatic carbocycles. The molecule has 0 radical (unpaired) electrons. The number of aromatic nitrogens is 1. The van der Waals surface area contributed by atoms with Crippen molar-refractivity contribution < 1.29 is 30.0 Å². The number of pyridine rings is 1. The number of hydrogen-bond acceptors (Lipinski definition) is 5. The van der Waals surface area contributed by atoms with Crippen LogP contribution in [0.5, 0.6) is 0 Å². The molecule has 35 heavy (non-hydrogen) atoms. The zero-order valence-electron chi connectivity index (χ0n) is 18.6. The first kappa shape index (κ1) is 26.9. The van der Waals surface area contributed by atoms with E-state index in [-0.39, 0.29) is 23.0 Å². The van der Waals surface area contributed by atoms with Crippen LogP contribution in [-0.4, -0.2) is 40.2 Å². The average molecular weight is 548 g/mol. The van der Waals surface area contributed by atoms with E-state index in [1.54, 1.807) is 30.3 Å². The summed E-state index contributed by atoms with van der Waals surface area (Å²) in [6.45, 7) is -0.252. The molecule has 0 bridgehead atoms. The van der Waals surface area contributed by atoms with Crippen LogP contribution in [0.15, 0.2) is 71.8 Å². The van der Waals surface area contributed by atoms with Gasteiger partial charge < -0.3 is 0 Å². The quantitative estimate of drug-likeness (QED) is 0.413. The van der Waals surface area contributed by atoms with Gasteiger partial charge in [0.2, 0.25) is 10.0 Å². The Morgan fingerprint density at radius 3 is 2.03 bits per heavy atom. The number of hydrogen-bond donors (Lipinski definition) is 0. The maximum atomic E-state index is 13.6. The predicted molar refractivity (Wildman–Crippen MR) is 127 cm³/mol. The van der Waals surface area contributed by atoms with Gasteiger partial charge in [0, 0.05) is 20.3 Å². The van der Waals surface area contributed by atoms with Crippen molar-refractivity contribution in [2.24, 2.45) is 0 Å². The van der Waals surface area contributed by atoms with Gasteiger partial charge >= 0.3 is 6.18 Å². The van der Waals surface area contributed by atoms with Crippen LogP contribution in [0.25, 0.3) is 0 Å². The number of alkyl halides is 3. The third-order valence-corrected chi connectivity index (χ3v) is 8.81. The Hall–Kier alpha value is -2.67. The van der Waals surface area contributed by atoms with Crippen LogP contribution < -0.4 is 4.31 Å². The second-order valence-electron chi connectivity index (χ2n) is 7.71. The SMILES string of the molecule is CN(C)S(=O)(=O)Cc1ccc(S(=O)(=O)N(Cc2ccccc2)c2ncc(C(F)(F)F)cc2Cl)cc1. The van der Waals surface area contributed by atoms with Crippen LogP contribution in [0.1, 0.15) is 16.7 Å². The highest BCUT2D eigenvalue weighted by molar-refractivity contribution is 7.92. The van der Waals surface area contributed by atoms with Crippen LogP contribution in [0.4, 0.5) is 19.0 Å². The fourth-order valence-corrected chi connectivity index (χ4v) is 5.63. The Kier molecular flexibility index (Phi) is 7.80. The van der Waals surface area contributed by atoms with Gasteiger partial charge in [-0.3, -0.25) is 0 Å². The molecular formula is C22H21ClF3N3O4S2. The molecule has 3 rings (SSSR count). The smallest absolute Gasteiger partial charge is 0.244 e. The lowest BCUT2D eigenvalue weighted by Crippen LogP contribution is -2.32. The first-order chi connectivity index (χ1) is 16.2. The molecule has 3 aromatic rings. The fourth-order valence-electron chi connectivity index (χ4n) is 3.02. The van der Waals surface area contributed by atoms with Crippen LogP contribution in [0, 0.1) is 0 Å². The van der Waals surface area contributed by atoms with E-state index < -0.39 is 36.8 Å². The molecule has 13 heteroatoms.